The van der Waals surface area contributed by atoms with Crippen LogP contribution in [0.1, 0.15) is 84.1 Å². The molecule has 1 aromatic carbocycles. The van der Waals surface area contributed by atoms with Crippen molar-refractivity contribution in [3.8, 4) is 18.1 Å². The van der Waals surface area contributed by atoms with Gasteiger partial charge in [-0.2, -0.15) is 0 Å². The highest BCUT2D eigenvalue weighted by Crippen LogP contribution is 2.54. The summed E-state index contributed by atoms with van der Waals surface area (Å²) in [5, 5.41) is 21.4. The number of fused-ring (bicyclic) bond motifs is 1. The predicted molar refractivity (Wildman–Crippen MR) is 150 cm³/mol. The van der Waals surface area contributed by atoms with Gasteiger partial charge in [0.05, 0.1) is 12.2 Å². The maximum Gasteiger partial charge on any atom is 0.402 e. The minimum atomic E-state index is -2.90. The SMILES string of the molecule is C#Cc1cn(CCC(OC)C(O)(O)OP2OCc3c(F)c(C(C)(C)C)cc(C(C)(C)C)c3O2)c(=O)[nH]c1=O.CC. The quantitative estimate of drug-likeness (QED) is 0.252. The third-order valence-electron chi connectivity index (χ3n) is 6.12. The Morgan fingerprint density at radius 1 is 1.18 bits per heavy atom. The second kappa shape index (κ2) is 12.9. The number of H-pyrrole nitrogens is 1. The molecule has 2 aromatic rings. The zero-order valence-corrected chi connectivity index (χ0v) is 25.4. The number of hydrogen-bond acceptors (Lipinski definition) is 8. The Morgan fingerprint density at radius 2 is 1.77 bits per heavy atom. The number of terminal acetylenes is 1. The number of aromatic amines is 1. The molecule has 0 saturated heterocycles. The lowest BCUT2D eigenvalue weighted by molar-refractivity contribution is -0.345. The van der Waals surface area contributed by atoms with Crippen LogP contribution in [0.5, 0.6) is 5.75 Å². The zero-order valence-electron chi connectivity index (χ0n) is 24.5. The minimum absolute atomic E-state index is 0.0586. The fraction of sp³-hybridized carbons (Fsp3) is 0.571. The average molecular weight is 583 g/mol. The molecule has 0 spiro atoms. The van der Waals surface area contributed by atoms with Crippen molar-refractivity contribution in [3.63, 3.8) is 0 Å². The molecular weight excluding hydrogens is 542 g/mol. The number of aliphatic hydroxyl groups is 2. The summed E-state index contributed by atoms with van der Waals surface area (Å²) >= 11 is 0. The molecule has 0 fully saturated rings. The van der Waals surface area contributed by atoms with Gasteiger partial charge < -0.3 is 19.5 Å². The van der Waals surface area contributed by atoms with Crippen LogP contribution in [-0.2, 0) is 37.8 Å². The van der Waals surface area contributed by atoms with Crippen molar-refractivity contribution in [2.75, 3.05) is 7.11 Å². The first kappa shape index (κ1) is 33.6. The third-order valence-corrected chi connectivity index (χ3v) is 7.21. The summed E-state index contributed by atoms with van der Waals surface area (Å²) in [6.07, 6.45) is 4.97. The van der Waals surface area contributed by atoms with Gasteiger partial charge in [-0.1, -0.05) is 61.3 Å². The fourth-order valence-corrected chi connectivity index (χ4v) is 5.03. The Labute approximate surface area is 235 Å². The summed E-state index contributed by atoms with van der Waals surface area (Å²) in [7, 11) is -1.14. The van der Waals surface area contributed by atoms with Crippen LogP contribution in [0, 0.1) is 18.2 Å². The molecule has 3 rings (SSSR count). The van der Waals surface area contributed by atoms with Crippen LogP contribution >= 0.6 is 8.60 Å². The largest absolute Gasteiger partial charge is 0.426 e. The van der Waals surface area contributed by atoms with Crippen molar-refractivity contribution in [1.82, 2.24) is 9.55 Å². The van der Waals surface area contributed by atoms with Gasteiger partial charge in [0.1, 0.15) is 23.2 Å². The van der Waals surface area contributed by atoms with Crippen molar-refractivity contribution in [3.05, 3.63) is 61.2 Å². The molecule has 10 nitrogen and oxygen atoms in total. The van der Waals surface area contributed by atoms with E-state index in [0.29, 0.717) is 5.56 Å². The lowest BCUT2D eigenvalue weighted by Gasteiger charge is -2.36. The molecule has 12 heteroatoms. The number of aryl methyl sites for hydroxylation is 1. The topological polar surface area (TPSA) is 132 Å². The van der Waals surface area contributed by atoms with Crippen LogP contribution in [0.25, 0.3) is 0 Å². The molecule has 2 heterocycles. The molecule has 0 saturated carbocycles. The van der Waals surface area contributed by atoms with Crippen LogP contribution in [0.2, 0.25) is 0 Å². The summed E-state index contributed by atoms with van der Waals surface area (Å²) in [6, 6.07) is 1.77. The van der Waals surface area contributed by atoms with E-state index in [9.17, 15) is 19.8 Å². The zero-order chi connectivity index (χ0) is 30.6. The number of methoxy groups -OCH3 is 1. The number of ether oxygens (including phenoxy) is 1. The third kappa shape index (κ3) is 7.58. The molecule has 40 heavy (non-hydrogen) atoms. The number of benzene rings is 1. The van der Waals surface area contributed by atoms with Gasteiger partial charge in [0.25, 0.3) is 5.56 Å². The maximum atomic E-state index is 15.5. The van der Waals surface area contributed by atoms with E-state index in [4.69, 9.17) is 24.7 Å². The molecule has 1 aliphatic rings. The Bertz CT molecular complexity index is 1350. The first-order valence-corrected chi connectivity index (χ1v) is 14.0. The Kier molecular flexibility index (Phi) is 10.9. The highest BCUT2D eigenvalue weighted by Gasteiger charge is 2.44. The van der Waals surface area contributed by atoms with Crippen molar-refractivity contribution >= 4 is 8.60 Å². The number of rotatable bonds is 7. The van der Waals surface area contributed by atoms with E-state index >= 15 is 4.39 Å². The lowest BCUT2D eigenvalue weighted by atomic mass is 9.78. The summed E-state index contributed by atoms with van der Waals surface area (Å²) in [6.45, 7) is 15.3. The number of hydrogen-bond donors (Lipinski definition) is 3. The Morgan fingerprint density at radius 3 is 2.30 bits per heavy atom. The fourth-order valence-electron chi connectivity index (χ4n) is 3.96. The van der Waals surface area contributed by atoms with E-state index in [-0.39, 0.29) is 36.4 Å². The highest BCUT2D eigenvalue weighted by atomic mass is 31.2. The summed E-state index contributed by atoms with van der Waals surface area (Å²) < 4.78 is 38.6. The number of nitrogens with one attached hydrogen (secondary N) is 1. The van der Waals surface area contributed by atoms with Crippen LogP contribution < -0.4 is 15.8 Å². The smallest absolute Gasteiger partial charge is 0.402 e. The number of halogens is 1. The van der Waals surface area contributed by atoms with Crippen molar-refractivity contribution < 1.29 is 32.9 Å². The highest BCUT2D eigenvalue weighted by molar-refractivity contribution is 7.42. The van der Waals surface area contributed by atoms with Gasteiger partial charge in [-0.15, -0.1) is 6.42 Å². The summed E-state index contributed by atoms with van der Waals surface area (Å²) in [5.41, 5.74) is -0.903. The second-order valence-electron chi connectivity index (χ2n) is 11.1. The molecule has 3 N–H and O–H groups in total. The van der Waals surface area contributed by atoms with Crippen LogP contribution in [0.15, 0.2) is 21.9 Å². The molecule has 0 radical (unpaired) electrons. The van der Waals surface area contributed by atoms with Gasteiger partial charge in [-0.3, -0.25) is 18.9 Å². The number of nitrogens with zero attached hydrogens (tertiary/aromatic N) is 1. The van der Waals surface area contributed by atoms with Crippen LogP contribution in [0.3, 0.4) is 0 Å². The lowest BCUT2D eigenvalue weighted by Crippen LogP contribution is -2.46. The van der Waals surface area contributed by atoms with E-state index in [2.05, 4.69) is 10.9 Å². The second-order valence-corrected chi connectivity index (χ2v) is 12.2. The van der Waals surface area contributed by atoms with Crippen LogP contribution in [0.4, 0.5) is 4.39 Å². The van der Waals surface area contributed by atoms with Gasteiger partial charge in [-0.25, -0.2) is 13.7 Å². The summed E-state index contributed by atoms with van der Waals surface area (Å²) in [4.78, 5) is 25.9. The molecule has 222 valence electrons. The Balaban J connectivity index is 0.00000274. The first-order valence-electron chi connectivity index (χ1n) is 12.9. The molecule has 1 aromatic heterocycles. The average Bonchev–Trinajstić information content (AvgIpc) is 2.85. The van der Waals surface area contributed by atoms with Crippen molar-refractivity contribution in [2.24, 2.45) is 0 Å². The maximum absolute atomic E-state index is 15.5. The standard InChI is InChI=1S/C26H34FN2O8P.C2H6/c1-9-15-13-29(23(31)28-22(15)30)11-10-19(34-8)26(32,33)37-38-35-14-16-20(27)17(24(2,3)4)12-18(21(16)36-38)25(5,6)7;1-2/h1,12-13,19,32-33H,10-11,14H2,2-8H3,(H,28,30,31);1-2H3. The van der Waals surface area contributed by atoms with Crippen molar-refractivity contribution in [1.29, 1.82) is 0 Å². The minimum Gasteiger partial charge on any atom is -0.426 e. The molecule has 0 bridgehead atoms. The number of aromatic nitrogens is 2. The first-order chi connectivity index (χ1) is 18.5. The van der Waals surface area contributed by atoms with Crippen molar-refractivity contribution in [2.45, 2.75) is 97.9 Å². The van der Waals surface area contributed by atoms with Gasteiger partial charge >= 0.3 is 20.3 Å². The molecule has 0 amide bonds. The van der Waals surface area contributed by atoms with E-state index in [0.717, 1.165) is 10.1 Å². The van der Waals surface area contributed by atoms with E-state index < -0.39 is 48.6 Å². The monoisotopic (exact) mass is 582 g/mol. The Hall–Kier alpha value is -2.58. The van der Waals surface area contributed by atoms with Crippen LogP contribution in [-0.4, -0.2) is 39.0 Å². The van der Waals surface area contributed by atoms with Gasteiger partial charge in [0.2, 0.25) is 0 Å². The van der Waals surface area contributed by atoms with Gasteiger partial charge in [0, 0.05) is 25.4 Å². The molecule has 2 unspecified atom stereocenters. The van der Waals surface area contributed by atoms with E-state index in [1.807, 2.05) is 55.4 Å². The van der Waals surface area contributed by atoms with Gasteiger partial charge in [-0.05, 0) is 28.9 Å². The van der Waals surface area contributed by atoms with E-state index in [1.54, 1.807) is 6.07 Å². The molecular formula is C28H40FN2O8P. The molecule has 0 aliphatic carbocycles. The molecule has 1 aliphatic heterocycles. The summed E-state index contributed by atoms with van der Waals surface area (Å²) in [5.74, 6) is -0.926. The van der Waals surface area contributed by atoms with Gasteiger partial charge in [0.15, 0.2) is 0 Å². The van der Waals surface area contributed by atoms with E-state index in [1.165, 1.54) is 13.3 Å². The predicted octanol–water partition coefficient (Wildman–Crippen LogP) is 4.17. The molecule has 2 atom stereocenters. The normalized spacial score (nSPS) is 16.2.